The maximum Gasteiger partial charge on any atom is 0.257 e. The lowest BCUT2D eigenvalue weighted by Gasteiger charge is -2.33. The molecule has 186 valence electrons. The van der Waals surface area contributed by atoms with Crippen LogP contribution in [0.4, 0.5) is 0 Å². The molecule has 11 heteroatoms. The Balaban J connectivity index is 1.87. The second-order valence-electron chi connectivity index (χ2n) is 8.88. The lowest BCUT2D eigenvalue weighted by molar-refractivity contribution is -0.147. The second kappa shape index (κ2) is 10.9. The van der Waals surface area contributed by atoms with Crippen LogP contribution in [0.15, 0.2) is 34.9 Å². The van der Waals surface area contributed by atoms with Crippen LogP contribution in [0.5, 0.6) is 0 Å². The van der Waals surface area contributed by atoms with E-state index in [1.807, 2.05) is 50.2 Å². The standard InChI is InChI=1S/C24H29N5O5S/c1-14-18(15(2)34-28-14)21(31)27-17(12-16-8-6-5-7-9-16)19(30)23(33)29-13-35-24(3,4)20(29)22(32)26-11-10-25/h5-9,17,19-20,30H,11-13H2,1-4H3,(H,26,32)(H,27,31)/t17-,19-,20?/m0/s1. The molecule has 35 heavy (non-hydrogen) atoms. The number of carbonyl (C=O) groups is 3. The minimum atomic E-state index is -1.62. The van der Waals surface area contributed by atoms with Crippen molar-refractivity contribution in [2.24, 2.45) is 0 Å². The molecule has 0 saturated carbocycles. The summed E-state index contributed by atoms with van der Waals surface area (Å²) in [6.07, 6.45) is -1.45. The van der Waals surface area contributed by atoms with Crippen molar-refractivity contribution in [2.45, 2.75) is 57.1 Å². The Kier molecular flexibility index (Phi) is 8.19. The molecule has 0 bridgehead atoms. The number of nitrogens with zero attached hydrogens (tertiary/aromatic N) is 3. The molecule has 3 amide bonds. The topological polar surface area (TPSA) is 149 Å². The first-order valence-corrected chi connectivity index (χ1v) is 12.1. The molecule has 1 aliphatic heterocycles. The van der Waals surface area contributed by atoms with Gasteiger partial charge in [0, 0.05) is 4.75 Å². The number of nitrogens with one attached hydrogen (secondary N) is 2. The largest absolute Gasteiger partial charge is 0.381 e. The van der Waals surface area contributed by atoms with Crippen LogP contribution in [0.2, 0.25) is 0 Å². The summed E-state index contributed by atoms with van der Waals surface area (Å²) in [6, 6.07) is 9.14. The SMILES string of the molecule is Cc1noc(C)c1C(=O)N[C@@H](Cc1ccccc1)[C@H](O)C(=O)N1CSC(C)(C)C1C(=O)NCC#N. The maximum absolute atomic E-state index is 13.5. The zero-order chi connectivity index (χ0) is 25.8. The first-order valence-electron chi connectivity index (χ1n) is 11.1. The number of aromatic nitrogens is 1. The van der Waals surface area contributed by atoms with E-state index in [1.165, 1.54) is 16.7 Å². The van der Waals surface area contributed by atoms with Crippen LogP contribution in [0, 0.1) is 25.2 Å². The summed E-state index contributed by atoms with van der Waals surface area (Å²) in [5.41, 5.74) is 1.45. The molecule has 3 atom stereocenters. The summed E-state index contributed by atoms with van der Waals surface area (Å²) in [5, 5.41) is 29.1. The second-order valence-corrected chi connectivity index (χ2v) is 10.5. The molecule has 0 radical (unpaired) electrons. The Morgan fingerprint density at radius 3 is 2.60 bits per heavy atom. The van der Waals surface area contributed by atoms with Crippen LogP contribution >= 0.6 is 11.8 Å². The van der Waals surface area contributed by atoms with E-state index in [2.05, 4.69) is 15.8 Å². The Bertz CT molecular complexity index is 1110. The number of aliphatic hydroxyl groups excluding tert-OH is 1. The third kappa shape index (κ3) is 5.83. The lowest BCUT2D eigenvalue weighted by atomic mass is 9.97. The number of aliphatic hydroxyl groups is 1. The highest BCUT2D eigenvalue weighted by Gasteiger charge is 2.49. The zero-order valence-electron chi connectivity index (χ0n) is 20.1. The van der Waals surface area contributed by atoms with E-state index in [-0.39, 0.29) is 24.4 Å². The number of hydrogen-bond donors (Lipinski definition) is 3. The van der Waals surface area contributed by atoms with Gasteiger partial charge in [0.1, 0.15) is 23.9 Å². The molecule has 1 saturated heterocycles. The van der Waals surface area contributed by atoms with Gasteiger partial charge < -0.3 is 25.2 Å². The van der Waals surface area contributed by atoms with Crippen molar-refractivity contribution in [1.29, 1.82) is 5.26 Å². The quantitative estimate of drug-likeness (QED) is 0.461. The number of rotatable bonds is 8. The van der Waals surface area contributed by atoms with E-state index in [0.29, 0.717) is 11.5 Å². The molecule has 1 fully saturated rings. The van der Waals surface area contributed by atoms with Crippen molar-refractivity contribution in [2.75, 3.05) is 12.4 Å². The van der Waals surface area contributed by atoms with E-state index >= 15 is 0 Å². The molecule has 0 spiro atoms. The van der Waals surface area contributed by atoms with E-state index < -0.39 is 40.7 Å². The Hall–Kier alpha value is -3.36. The monoisotopic (exact) mass is 499 g/mol. The van der Waals surface area contributed by atoms with Crippen molar-refractivity contribution in [3.05, 3.63) is 52.9 Å². The van der Waals surface area contributed by atoms with E-state index in [1.54, 1.807) is 13.8 Å². The number of amides is 3. The molecule has 1 aliphatic rings. The molecule has 3 rings (SSSR count). The summed E-state index contributed by atoms with van der Waals surface area (Å²) in [6.45, 7) is 6.71. The fourth-order valence-electron chi connectivity index (χ4n) is 4.14. The molecule has 1 unspecified atom stereocenters. The van der Waals surface area contributed by atoms with Crippen molar-refractivity contribution in [3.8, 4) is 6.07 Å². The van der Waals surface area contributed by atoms with Gasteiger partial charge in [0.25, 0.3) is 11.8 Å². The Labute approximate surface area is 208 Å². The van der Waals surface area contributed by atoms with Gasteiger partial charge in [-0.2, -0.15) is 5.26 Å². The van der Waals surface area contributed by atoms with Crippen LogP contribution < -0.4 is 10.6 Å². The lowest BCUT2D eigenvalue weighted by Crippen LogP contribution is -2.58. The van der Waals surface area contributed by atoms with Gasteiger partial charge in [0.05, 0.1) is 23.7 Å². The summed E-state index contributed by atoms with van der Waals surface area (Å²) >= 11 is 1.40. The van der Waals surface area contributed by atoms with Crippen molar-refractivity contribution in [1.82, 2.24) is 20.7 Å². The minimum Gasteiger partial charge on any atom is -0.381 e. The van der Waals surface area contributed by atoms with Gasteiger partial charge in [0.15, 0.2) is 6.10 Å². The smallest absolute Gasteiger partial charge is 0.257 e. The van der Waals surface area contributed by atoms with Gasteiger partial charge >= 0.3 is 0 Å². The maximum atomic E-state index is 13.5. The zero-order valence-corrected chi connectivity index (χ0v) is 20.9. The first kappa shape index (κ1) is 26.2. The highest BCUT2D eigenvalue weighted by atomic mass is 32.2. The fourth-order valence-corrected chi connectivity index (χ4v) is 5.28. The summed E-state index contributed by atoms with van der Waals surface area (Å²) in [4.78, 5) is 40.6. The highest BCUT2D eigenvalue weighted by molar-refractivity contribution is 8.00. The molecule has 10 nitrogen and oxygen atoms in total. The molecular weight excluding hydrogens is 470 g/mol. The van der Waals surface area contributed by atoms with Crippen LogP contribution in [-0.2, 0) is 16.0 Å². The average molecular weight is 500 g/mol. The van der Waals surface area contributed by atoms with Crippen LogP contribution in [0.3, 0.4) is 0 Å². The van der Waals surface area contributed by atoms with Crippen LogP contribution in [-0.4, -0.2) is 68.2 Å². The fraction of sp³-hybridized carbons (Fsp3) is 0.458. The minimum absolute atomic E-state index is 0.179. The van der Waals surface area contributed by atoms with Crippen LogP contribution in [0.1, 0.15) is 41.2 Å². The number of benzene rings is 1. The molecule has 2 heterocycles. The summed E-state index contributed by atoms with van der Waals surface area (Å²) in [7, 11) is 0. The normalized spacial score (nSPS) is 18.4. The van der Waals surface area contributed by atoms with Gasteiger partial charge in [0.2, 0.25) is 5.91 Å². The van der Waals surface area contributed by atoms with Crippen molar-refractivity contribution >= 4 is 29.5 Å². The summed E-state index contributed by atoms with van der Waals surface area (Å²) < 4.78 is 4.45. The molecule has 1 aromatic heterocycles. The molecular formula is C24H29N5O5S. The molecule has 0 aliphatic carbocycles. The Morgan fingerprint density at radius 1 is 1.31 bits per heavy atom. The molecule has 2 aromatic rings. The Morgan fingerprint density at radius 2 is 2.00 bits per heavy atom. The average Bonchev–Trinajstić information content (AvgIpc) is 3.33. The number of thioether (sulfide) groups is 1. The summed E-state index contributed by atoms with van der Waals surface area (Å²) in [5.74, 6) is -1.16. The number of nitriles is 1. The van der Waals surface area contributed by atoms with E-state index in [4.69, 9.17) is 9.78 Å². The third-order valence-corrected chi connectivity index (χ3v) is 7.30. The predicted molar refractivity (Wildman–Crippen MR) is 129 cm³/mol. The predicted octanol–water partition coefficient (Wildman–Crippen LogP) is 1.31. The first-order chi connectivity index (χ1) is 16.6. The highest BCUT2D eigenvalue weighted by Crippen LogP contribution is 2.39. The number of carbonyl (C=O) groups excluding carboxylic acids is 3. The van der Waals surface area contributed by atoms with Crippen molar-refractivity contribution < 1.29 is 24.0 Å². The third-order valence-electron chi connectivity index (χ3n) is 5.93. The van der Waals surface area contributed by atoms with E-state index in [0.717, 1.165) is 5.56 Å². The number of hydrogen-bond acceptors (Lipinski definition) is 8. The van der Waals surface area contributed by atoms with Gasteiger partial charge in [-0.25, -0.2) is 0 Å². The number of aryl methyl sites for hydroxylation is 2. The molecule has 3 N–H and O–H groups in total. The van der Waals surface area contributed by atoms with Gasteiger partial charge in [-0.3, -0.25) is 14.4 Å². The van der Waals surface area contributed by atoms with Crippen LogP contribution in [0.25, 0.3) is 0 Å². The van der Waals surface area contributed by atoms with Gasteiger partial charge in [-0.1, -0.05) is 35.5 Å². The van der Waals surface area contributed by atoms with Gasteiger partial charge in [-0.05, 0) is 39.7 Å². The molecule has 1 aromatic carbocycles. The van der Waals surface area contributed by atoms with Crippen molar-refractivity contribution in [3.63, 3.8) is 0 Å². The van der Waals surface area contributed by atoms with E-state index in [9.17, 15) is 19.5 Å². The van der Waals surface area contributed by atoms with Gasteiger partial charge in [-0.15, -0.1) is 11.8 Å².